The third kappa shape index (κ3) is 4.40. The quantitative estimate of drug-likeness (QED) is 0.814. The Morgan fingerprint density at radius 3 is 2.38 bits per heavy atom. The number of hydrogen-bond donors (Lipinski definition) is 2. The molecule has 0 fully saturated rings. The molecule has 0 aromatic heterocycles. The molecule has 0 saturated heterocycles. The maximum Gasteiger partial charge on any atom is 0.322 e. The van der Waals surface area contributed by atoms with Gasteiger partial charge in [0.15, 0.2) is 0 Å². The average Bonchev–Trinajstić information content (AvgIpc) is 2.53. The molecular weight excluding hydrogens is 335 g/mol. The van der Waals surface area contributed by atoms with Gasteiger partial charge in [-0.2, -0.15) is 17.4 Å². The number of carboxylic acid groups (broad SMARTS) is 1. The fourth-order valence-electron chi connectivity index (χ4n) is 2.50. The third-order valence-electron chi connectivity index (χ3n) is 3.94. The van der Waals surface area contributed by atoms with Gasteiger partial charge in [-0.15, -0.1) is 0 Å². The van der Waals surface area contributed by atoms with Crippen LogP contribution in [0.1, 0.15) is 25.8 Å². The van der Waals surface area contributed by atoms with Crippen LogP contribution in [-0.2, 0) is 15.0 Å². The summed E-state index contributed by atoms with van der Waals surface area (Å²) >= 11 is 0. The van der Waals surface area contributed by atoms with Crippen LogP contribution in [0.15, 0.2) is 30.3 Å². The van der Waals surface area contributed by atoms with Crippen LogP contribution in [-0.4, -0.2) is 42.9 Å². The second-order valence-electron chi connectivity index (χ2n) is 6.03. The van der Waals surface area contributed by atoms with E-state index in [9.17, 15) is 17.6 Å². The molecule has 1 heterocycles. The Kier molecular flexibility index (Phi) is 5.74. The van der Waals surface area contributed by atoms with Crippen molar-refractivity contribution >= 4 is 21.8 Å². The first-order valence-electron chi connectivity index (χ1n) is 7.66. The first-order valence-corrected chi connectivity index (χ1v) is 9.10. The van der Waals surface area contributed by atoms with E-state index in [1.807, 2.05) is 0 Å². The molecule has 2 rings (SSSR count). The molecule has 1 atom stereocenters. The van der Waals surface area contributed by atoms with Crippen molar-refractivity contribution in [3.05, 3.63) is 41.7 Å². The van der Waals surface area contributed by atoms with Crippen molar-refractivity contribution < 1.29 is 22.7 Å². The summed E-state index contributed by atoms with van der Waals surface area (Å²) in [5.74, 6) is -1.89. The molecule has 24 heavy (non-hydrogen) atoms. The summed E-state index contributed by atoms with van der Waals surface area (Å²) in [6, 6.07) is 4.87. The van der Waals surface area contributed by atoms with Gasteiger partial charge in [0.2, 0.25) is 0 Å². The van der Waals surface area contributed by atoms with Gasteiger partial charge in [0.05, 0.1) is 0 Å². The fraction of sp³-hybridized carbons (Fsp3) is 0.438. The van der Waals surface area contributed by atoms with Crippen molar-refractivity contribution in [1.82, 2.24) is 9.03 Å². The van der Waals surface area contributed by atoms with Crippen LogP contribution in [0, 0.1) is 11.7 Å². The minimum atomic E-state index is -3.89. The lowest BCUT2D eigenvalue weighted by molar-refractivity contribution is -0.140. The first-order chi connectivity index (χ1) is 11.2. The lowest BCUT2D eigenvalue weighted by atomic mass is 10.0. The number of nitrogens with one attached hydrogen (secondary N) is 1. The van der Waals surface area contributed by atoms with Gasteiger partial charge >= 0.3 is 5.97 Å². The van der Waals surface area contributed by atoms with E-state index in [1.54, 1.807) is 32.1 Å². The van der Waals surface area contributed by atoms with E-state index in [4.69, 9.17) is 5.11 Å². The van der Waals surface area contributed by atoms with Crippen LogP contribution in [0.4, 0.5) is 4.39 Å². The highest BCUT2D eigenvalue weighted by molar-refractivity contribution is 7.87. The smallest absolute Gasteiger partial charge is 0.322 e. The van der Waals surface area contributed by atoms with Gasteiger partial charge in [-0.05, 0) is 35.6 Å². The van der Waals surface area contributed by atoms with Crippen molar-refractivity contribution in [2.75, 3.05) is 13.1 Å². The number of aliphatic carboxylic acids is 1. The zero-order valence-electron chi connectivity index (χ0n) is 13.6. The van der Waals surface area contributed by atoms with Crippen LogP contribution in [0.25, 0.3) is 5.57 Å². The summed E-state index contributed by atoms with van der Waals surface area (Å²) in [5, 5.41) is 9.13. The SMILES string of the molecule is CC(C)C(NS(=O)(=O)N1CC=C(c2ccc(F)cc2)CC1)C(=O)O. The molecular formula is C16H21FN2O4S. The van der Waals surface area contributed by atoms with E-state index in [0.29, 0.717) is 6.42 Å². The minimum absolute atomic E-state index is 0.145. The number of benzene rings is 1. The molecule has 1 aromatic carbocycles. The van der Waals surface area contributed by atoms with Gasteiger partial charge in [-0.1, -0.05) is 32.1 Å². The molecule has 8 heteroatoms. The van der Waals surface area contributed by atoms with Crippen LogP contribution >= 0.6 is 0 Å². The summed E-state index contributed by atoms with van der Waals surface area (Å²) in [5.41, 5.74) is 1.80. The van der Waals surface area contributed by atoms with Crippen LogP contribution in [0.5, 0.6) is 0 Å². The van der Waals surface area contributed by atoms with E-state index in [1.165, 1.54) is 16.4 Å². The second kappa shape index (κ2) is 7.42. The zero-order valence-corrected chi connectivity index (χ0v) is 14.4. The van der Waals surface area contributed by atoms with Gasteiger partial charge < -0.3 is 5.11 Å². The highest BCUT2D eigenvalue weighted by Gasteiger charge is 2.31. The van der Waals surface area contributed by atoms with Gasteiger partial charge in [0.1, 0.15) is 11.9 Å². The summed E-state index contributed by atoms with van der Waals surface area (Å²) < 4.78 is 41.1. The van der Waals surface area contributed by atoms with E-state index >= 15 is 0 Å². The van der Waals surface area contributed by atoms with Gasteiger partial charge in [-0.3, -0.25) is 4.79 Å². The predicted octanol–water partition coefficient (Wildman–Crippen LogP) is 1.86. The maximum absolute atomic E-state index is 13.0. The van der Waals surface area contributed by atoms with E-state index in [2.05, 4.69) is 4.72 Å². The molecule has 0 aliphatic carbocycles. The molecule has 0 radical (unpaired) electrons. The maximum atomic E-state index is 13.0. The molecule has 132 valence electrons. The Morgan fingerprint density at radius 2 is 1.92 bits per heavy atom. The van der Waals surface area contributed by atoms with Crippen molar-refractivity contribution in [2.45, 2.75) is 26.3 Å². The molecule has 0 saturated carbocycles. The third-order valence-corrected chi connectivity index (χ3v) is 5.50. The standard InChI is InChI=1S/C16H21FN2O4S/c1-11(2)15(16(20)21)18-24(22,23)19-9-7-13(8-10-19)12-3-5-14(17)6-4-12/h3-7,11,15,18H,8-10H2,1-2H3,(H,20,21). The van der Waals surface area contributed by atoms with Gasteiger partial charge in [-0.25, -0.2) is 4.39 Å². The Bertz CT molecular complexity index is 729. The van der Waals surface area contributed by atoms with E-state index < -0.39 is 22.2 Å². The van der Waals surface area contributed by atoms with Gasteiger partial charge in [0, 0.05) is 13.1 Å². The number of hydrogen-bond acceptors (Lipinski definition) is 3. The Labute approximate surface area is 141 Å². The Hall–Kier alpha value is -1.77. The summed E-state index contributed by atoms with van der Waals surface area (Å²) in [6.45, 7) is 3.67. The van der Waals surface area contributed by atoms with E-state index in [0.717, 1.165) is 11.1 Å². The number of carboxylic acids is 1. The second-order valence-corrected chi connectivity index (χ2v) is 7.73. The Balaban J connectivity index is 2.09. The lowest BCUT2D eigenvalue weighted by Gasteiger charge is -2.28. The monoisotopic (exact) mass is 356 g/mol. The summed E-state index contributed by atoms with van der Waals surface area (Å²) in [4.78, 5) is 11.2. The molecule has 1 aliphatic rings. The van der Waals surface area contributed by atoms with Crippen LogP contribution in [0.3, 0.4) is 0 Å². The molecule has 2 N–H and O–H groups in total. The highest BCUT2D eigenvalue weighted by Crippen LogP contribution is 2.23. The fourth-order valence-corrected chi connectivity index (χ4v) is 3.95. The topological polar surface area (TPSA) is 86.7 Å². The lowest BCUT2D eigenvalue weighted by Crippen LogP contribution is -2.51. The molecule has 6 nitrogen and oxygen atoms in total. The average molecular weight is 356 g/mol. The molecule has 0 amide bonds. The summed E-state index contributed by atoms with van der Waals surface area (Å²) in [6.07, 6.45) is 2.24. The molecule has 1 unspecified atom stereocenters. The molecule has 1 aromatic rings. The van der Waals surface area contributed by atoms with Gasteiger partial charge in [0.25, 0.3) is 10.2 Å². The van der Waals surface area contributed by atoms with Crippen LogP contribution < -0.4 is 4.72 Å². The first kappa shape index (κ1) is 18.6. The zero-order chi connectivity index (χ0) is 17.9. The summed E-state index contributed by atoms with van der Waals surface area (Å²) in [7, 11) is -3.89. The Morgan fingerprint density at radius 1 is 1.29 bits per heavy atom. The largest absolute Gasteiger partial charge is 0.480 e. The molecule has 0 spiro atoms. The molecule has 1 aliphatic heterocycles. The van der Waals surface area contributed by atoms with Crippen molar-refractivity contribution in [1.29, 1.82) is 0 Å². The van der Waals surface area contributed by atoms with Crippen molar-refractivity contribution in [2.24, 2.45) is 5.92 Å². The minimum Gasteiger partial charge on any atom is -0.480 e. The van der Waals surface area contributed by atoms with Crippen LogP contribution in [0.2, 0.25) is 0 Å². The number of rotatable bonds is 6. The predicted molar refractivity (Wildman–Crippen MR) is 88.9 cm³/mol. The highest BCUT2D eigenvalue weighted by atomic mass is 32.2. The molecule has 0 bridgehead atoms. The number of carbonyl (C=O) groups is 1. The number of nitrogens with zero attached hydrogens (tertiary/aromatic N) is 1. The van der Waals surface area contributed by atoms with Crippen molar-refractivity contribution in [3.63, 3.8) is 0 Å². The number of halogens is 1. The van der Waals surface area contributed by atoms with E-state index in [-0.39, 0.29) is 24.8 Å². The normalized spacial score (nSPS) is 17.6. The van der Waals surface area contributed by atoms with Crippen molar-refractivity contribution in [3.8, 4) is 0 Å².